The molecule has 0 heterocycles. The average molecular weight is 1250 g/mol. The Bertz CT molecular complexity index is 1950. The fourth-order valence-corrected chi connectivity index (χ4v) is 10.5. The number of rotatable bonds is 65. The Kier molecular flexibility index (Phi) is 64.6. The van der Waals surface area contributed by atoms with Crippen LogP contribution in [0.15, 0.2) is 134 Å². The van der Waals surface area contributed by atoms with Gasteiger partial charge in [-0.3, -0.25) is 18.6 Å². The second-order valence-corrected chi connectivity index (χ2v) is 26.3. The molecular weight excluding hydrogens is 1110 g/mol. The quantitative estimate of drug-likeness (QED) is 0.0211. The molecule has 0 rings (SSSR count). The van der Waals surface area contributed by atoms with E-state index in [4.69, 9.17) is 18.5 Å². The third kappa shape index (κ3) is 71.2. The third-order valence-corrected chi connectivity index (χ3v) is 16.2. The van der Waals surface area contributed by atoms with E-state index in [0.29, 0.717) is 23.9 Å². The van der Waals surface area contributed by atoms with E-state index in [-0.39, 0.29) is 32.0 Å². The van der Waals surface area contributed by atoms with Crippen LogP contribution in [-0.4, -0.2) is 74.9 Å². The van der Waals surface area contributed by atoms with Gasteiger partial charge in [0.15, 0.2) is 6.10 Å². The topological polar surface area (TPSA) is 108 Å². The Morgan fingerprint density at radius 2 is 0.625 bits per heavy atom. The molecule has 0 aliphatic heterocycles. The van der Waals surface area contributed by atoms with Crippen molar-refractivity contribution in [1.29, 1.82) is 0 Å². The number of quaternary nitrogens is 1. The molecular formula is C78H135NO8P+. The zero-order chi connectivity index (χ0) is 64.1. The van der Waals surface area contributed by atoms with Crippen molar-refractivity contribution in [1.82, 2.24) is 0 Å². The fourth-order valence-electron chi connectivity index (χ4n) is 9.76. The van der Waals surface area contributed by atoms with Gasteiger partial charge in [0, 0.05) is 12.8 Å². The number of phosphoric ester groups is 1. The van der Waals surface area contributed by atoms with Crippen molar-refractivity contribution >= 4 is 19.8 Å². The lowest BCUT2D eigenvalue weighted by Crippen LogP contribution is -2.37. The highest BCUT2D eigenvalue weighted by Crippen LogP contribution is 2.43. The number of carbonyl (C=O) groups is 2. The fraction of sp³-hybridized carbons (Fsp3) is 0.692. The minimum Gasteiger partial charge on any atom is -0.462 e. The van der Waals surface area contributed by atoms with Gasteiger partial charge in [-0.05, 0) is 103 Å². The number of likely N-dealkylation sites (N-methyl/N-ethyl adjacent to an activating group) is 1. The van der Waals surface area contributed by atoms with Gasteiger partial charge in [0.1, 0.15) is 19.8 Å². The van der Waals surface area contributed by atoms with E-state index >= 15 is 0 Å². The van der Waals surface area contributed by atoms with Crippen LogP contribution in [-0.2, 0) is 32.7 Å². The summed E-state index contributed by atoms with van der Waals surface area (Å²) in [5.74, 6) is -0.864. The molecule has 0 saturated heterocycles. The first-order chi connectivity index (χ1) is 43.0. The molecule has 0 aliphatic carbocycles. The van der Waals surface area contributed by atoms with E-state index in [0.717, 1.165) is 89.9 Å². The highest BCUT2D eigenvalue weighted by atomic mass is 31.2. The standard InChI is InChI=1S/C78H134NO8P/c1-6-8-10-12-14-16-18-20-22-24-26-28-30-31-32-33-34-35-36-37-38-39-40-41-42-43-44-45-46-47-49-50-52-54-56-58-60-62-64-66-68-70-77(80)84-74-76(75-86-88(82,83)85-73-72-79(3,4)5)87-78(81)71-69-67-65-63-61-59-57-55-53-51-48-29-27-25-23-21-19-17-15-13-11-9-7-2/h8-11,14-17,20-23,26-29,51,53,57,59,63,65,76H,6-7,12-13,18-19,24-25,30-50,52,54-56,58,60-62,64,66-75H2,1-5H3/p+1/b10-8-,11-9-,16-14-,17-15-,22-20-,23-21-,28-26-,29-27-,53-51-,59-57-,65-63-. The molecule has 0 amide bonds. The van der Waals surface area contributed by atoms with Crippen LogP contribution >= 0.6 is 7.82 Å². The minimum atomic E-state index is -4.41. The average Bonchev–Trinajstić information content (AvgIpc) is 3.68. The van der Waals surface area contributed by atoms with E-state index in [1.165, 1.54) is 167 Å². The number of allylic oxidation sites excluding steroid dienone is 22. The van der Waals surface area contributed by atoms with E-state index in [2.05, 4.69) is 148 Å². The summed E-state index contributed by atoms with van der Waals surface area (Å²) in [5.41, 5.74) is 0. The van der Waals surface area contributed by atoms with Gasteiger partial charge in [-0.1, -0.05) is 314 Å². The van der Waals surface area contributed by atoms with E-state index < -0.39 is 26.5 Å². The van der Waals surface area contributed by atoms with Gasteiger partial charge in [0.25, 0.3) is 0 Å². The predicted molar refractivity (Wildman–Crippen MR) is 381 cm³/mol. The second-order valence-electron chi connectivity index (χ2n) is 24.9. The third-order valence-electron chi connectivity index (χ3n) is 15.2. The first-order valence-corrected chi connectivity index (χ1v) is 37.4. The number of phosphoric acid groups is 1. The maximum Gasteiger partial charge on any atom is 0.472 e. The van der Waals surface area contributed by atoms with Crippen molar-refractivity contribution in [3.05, 3.63) is 134 Å². The normalized spacial score (nSPS) is 13.9. The summed E-state index contributed by atoms with van der Waals surface area (Å²) in [6.45, 7) is 4.15. The number of unbranched alkanes of at least 4 members (excludes halogenated alkanes) is 29. The van der Waals surface area contributed by atoms with Crippen molar-refractivity contribution in [2.45, 2.75) is 302 Å². The van der Waals surface area contributed by atoms with Crippen LogP contribution in [0.3, 0.4) is 0 Å². The van der Waals surface area contributed by atoms with Crippen molar-refractivity contribution in [3.8, 4) is 0 Å². The van der Waals surface area contributed by atoms with Gasteiger partial charge in [-0.2, -0.15) is 0 Å². The van der Waals surface area contributed by atoms with Gasteiger partial charge in [0.05, 0.1) is 27.7 Å². The largest absolute Gasteiger partial charge is 0.472 e. The van der Waals surface area contributed by atoms with Crippen LogP contribution in [0.1, 0.15) is 296 Å². The van der Waals surface area contributed by atoms with E-state index in [9.17, 15) is 19.0 Å². The number of ether oxygens (including phenoxy) is 2. The smallest absolute Gasteiger partial charge is 0.462 e. The lowest BCUT2D eigenvalue weighted by molar-refractivity contribution is -0.870. The molecule has 0 radical (unpaired) electrons. The summed E-state index contributed by atoms with van der Waals surface area (Å²) in [4.78, 5) is 35.8. The Labute approximate surface area is 542 Å². The number of nitrogens with zero attached hydrogens (tertiary/aromatic N) is 1. The lowest BCUT2D eigenvalue weighted by atomic mass is 10.0. The Hall–Kier alpha value is -3.85. The molecule has 0 aromatic carbocycles. The van der Waals surface area contributed by atoms with Crippen LogP contribution < -0.4 is 0 Å². The molecule has 10 heteroatoms. The van der Waals surface area contributed by atoms with Gasteiger partial charge in [-0.25, -0.2) is 4.57 Å². The molecule has 0 aromatic heterocycles. The van der Waals surface area contributed by atoms with Gasteiger partial charge >= 0.3 is 19.8 Å². The molecule has 2 atom stereocenters. The Balaban J connectivity index is 3.98. The highest BCUT2D eigenvalue weighted by Gasteiger charge is 2.27. The molecule has 2 unspecified atom stereocenters. The molecule has 0 aliphatic rings. The van der Waals surface area contributed by atoms with Crippen molar-refractivity contribution in [2.75, 3.05) is 47.5 Å². The van der Waals surface area contributed by atoms with Crippen LogP contribution in [0.2, 0.25) is 0 Å². The molecule has 504 valence electrons. The summed E-state index contributed by atoms with van der Waals surface area (Å²) in [7, 11) is 1.43. The van der Waals surface area contributed by atoms with Crippen LogP contribution in [0.5, 0.6) is 0 Å². The second kappa shape index (κ2) is 67.5. The minimum absolute atomic E-state index is 0.0160. The zero-order valence-corrected chi connectivity index (χ0v) is 58.3. The summed E-state index contributed by atoms with van der Waals surface area (Å²) in [6, 6.07) is 0. The summed E-state index contributed by atoms with van der Waals surface area (Å²) < 4.78 is 34.6. The first kappa shape index (κ1) is 84.2. The number of esters is 2. The van der Waals surface area contributed by atoms with Gasteiger partial charge in [-0.15, -0.1) is 0 Å². The number of hydrogen-bond acceptors (Lipinski definition) is 7. The molecule has 0 fully saturated rings. The molecule has 1 N–H and O–H groups in total. The maximum atomic E-state index is 12.8. The molecule has 88 heavy (non-hydrogen) atoms. The predicted octanol–water partition coefficient (Wildman–Crippen LogP) is 23.6. The summed E-state index contributed by atoms with van der Waals surface area (Å²) in [6.07, 6.45) is 98.8. The van der Waals surface area contributed by atoms with E-state index in [1.807, 2.05) is 21.1 Å². The van der Waals surface area contributed by atoms with E-state index in [1.54, 1.807) is 0 Å². The molecule has 0 spiro atoms. The van der Waals surface area contributed by atoms with Gasteiger partial charge < -0.3 is 18.9 Å². The monoisotopic (exact) mass is 1240 g/mol. The van der Waals surface area contributed by atoms with Crippen molar-refractivity contribution in [2.24, 2.45) is 0 Å². The highest BCUT2D eigenvalue weighted by molar-refractivity contribution is 7.47. The molecule has 0 bridgehead atoms. The van der Waals surface area contributed by atoms with Crippen molar-refractivity contribution < 1.29 is 42.1 Å². The molecule has 9 nitrogen and oxygen atoms in total. The van der Waals surface area contributed by atoms with Crippen molar-refractivity contribution in [3.63, 3.8) is 0 Å². The Morgan fingerprint density at radius 1 is 0.352 bits per heavy atom. The van der Waals surface area contributed by atoms with Crippen LogP contribution in [0, 0.1) is 0 Å². The van der Waals surface area contributed by atoms with Crippen LogP contribution in [0.4, 0.5) is 0 Å². The SMILES string of the molecule is CC/C=C\C/C=C\C/C=C\C/C=C\C/C=C\C/C=C\C/C=C\CCCC(=O)OC(COC(=O)CCCCCCCCCCCCCCCCCCCCCCCCCCCCCC/C=C\C/C=C\C/C=C\C/C=C\CC)COP(=O)(O)OCC[N+](C)(C)C. The number of carbonyl (C=O) groups excluding carboxylic acids is 2. The molecule has 0 saturated carbocycles. The van der Waals surface area contributed by atoms with Gasteiger partial charge in [0.2, 0.25) is 0 Å². The summed E-state index contributed by atoms with van der Waals surface area (Å²) in [5, 5.41) is 0. The van der Waals surface area contributed by atoms with Crippen LogP contribution in [0.25, 0.3) is 0 Å². The lowest BCUT2D eigenvalue weighted by Gasteiger charge is -2.24. The molecule has 0 aromatic rings. The maximum absolute atomic E-state index is 12.8. The zero-order valence-electron chi connectivity index (χ0n) is 57.4. The Morgan fingerprint density at radius 3 is 0.943 bits per heavy atom. The summed E-state index contributed by atoms with van der Waals surface area (Å²) >= 11 is 0. The number of hydrogen-bond donors (Lipinski definition) is 1. The first-order valence-electron chi connectivity index (χ1n) is 35.9.